The standard InChI is InChI=1S/C25H26N4O2S/c1-3-29-14-18(31-21-12-8-7-11-20(21)29)13-28(2)15-22-26-24(30)23-19(16-32-25(23)27-22)17-9-5-4-6-10-17/h4-12,16,18H,3,13-15H2,1-2H3,(H,26,27,30). The number of likely N-dealkylation sites (N-methyl/N-ethyl adjacent to an activating group) is 2. The summed E-state index contributed by atoms with van der Waals surface area (Å²) in [4.78, 5) is 25.9. The van der Waals surface area contributed by atoms with Crippen molar-refractivity contribution in [2.45, 2.75) is 19.6 Å². The minimum Gasteiger partial charge on any atom is -0.485 e. The van der Waals surface area contributed by atoms with Crippen molar-refractivity contribution in [2.75, 3.05) is 31.6 Å². The van der Waals surface area contributed by atoms with Crippen molar-refractivity contribution in [3.8, 4) is 16.9 Å². The Bertz CT molecular complexity index is 1280. The van der Waals surface area contributed by atoms with Crippen LogP contribution < -0.4 is 15.2 Å². The summed E-state index contributed by atoms with van der Waals surface area (Å²) in [6, 6.07) is 18.2. The Morgan fingerprint density at radius 2 is 1.97 bits per heavy atom. The van der Waals surface area contributed by atoms with Crippen molar-refractivity contribution >= 4 is 27.2 Å². The topological polar surface area (TPSA) is 61.5 Å². The average molecular weight is 447 g/mol. The first-order valence-corrected chi connectivity index (χ1v) is 11.8. The highest BCUT2D eigenvalue weighted by Crippen LogP contribution is 2.33. The van der Waals surface area contributed by atoms with E-state index in [0.29, 0.717) is 17.8 Å². The molecule has 164 valence electrons. The lowest BCUT2D eigenvalue weighted by molar-refractivity contribution is 0.138. The lowest BCUT2D eigenvalue weighted by atomic mass is 10.1. The van der Waals surface area contributed by atoms with Crippen LogP contribution in [0, 0.1) is 0 Å². The first-order valence-electron chi connectivity index (χ1n) is 10.9. The van der Waals surface area contributed by atoms with Gasteiger partial charge in [-0.2, -0.15) is 0 Å². The molecule has 0 saturated carbocycles. The van der Waals surface area contributed by atoms with Gasteiger partial charge in [0.25, 0.3) is 5.56 Å². The molecule has 0 aliphatic carbocycles. The zero-order chi connectivity index (χ0) is 22.1. The second-order valence-electron chi connectivity index (χ2n) is 8.15. The number of para-hydroxylation sites is 2. The SMILES string of the molecule is CCN1CC(CN(C)Cc2nc3scc(-c4ccccc4)c3c(=O)[nH]2)Oc2ccccc21. The first kappa shape index (κ1) is 20.7. The second-order valence-corrected chi connectivity index (χ2v) is 9.01. The highest BCUT2D eigenvalue weighted by atomic mass is 32.1. The molecule has 1 N–H and O–H groups in total. The summed E-state index contributed by atoms with van der Waals surface area (Å²) >= 11 is 1.51. The smallest absolute Gasteiger partial charge is 0.260 e. The van der Waals surface area contributed by atoms with Crippen molar-refractivity contribution in [2.24, 2.45) is 0 Å². The van der Waals surface area contributed by atoms with Gasteiger partial charge in [-0.3, -0.25) is 9.69 Å². The summed E-state index contributed by atoms with van der Waals surface area (Å²) in [6.45, 7) is 5.24. The number of rotatable bonds is 6. The predicted molar refractivity (Wildman–Crippen MR) is 131 cm³/mol. The normalized spacial score (nSPS) is 15.7. The van der Waals surface area contributed by atoms with E-state index >= 15 is 0 Å². The molecule has 4 aromatic rings. The molecule has 0 spiro atoms. The number of hydrogen-bond acceptors (Lipinski definition) is 6. The number of ether oxygens (including phenoxy) is 1. The molecule has 5 rings (SSSR count). The maximum atomic E-state index is 12.9. The largest absolute Gasteiger partial charge is 0.485 e. The van der Waals surface area contributed by atoms with E-state index in [1.807, 2.05) is 61.0 Å². The quantitative estimate of drug-likeness (QED) is 0.477. The number of fused-ring (bicyclic) bond motifs is 2. The Kier molecular flexibility index (Phi) is 5.68. The molecule has 0 radical (unpaired) electrons. The van der Waals surface area contributed by atoms with E-state index in [1.165, 1.54) is 11.3 Å². The monoisotopic (exact) mass is 446 g/mol. The minimum absolute atomic E-state index is 0.0525. The molecule has 6 nitrogen and oxygen atoms in total. The Morgan fingerprint density at radius 1 is 1.19 bits per heavy atom. The molecule has 0 amide bonds. The summed E-state index contributed by atoms with van der Waals surface area (Å²) in [5.74, 6) is 1.61. The number of thiophene rings is 1. The van der Waals surface area contributed by atoms with Crippen molar-refractivity contribution in [3.63, 3.8) is 0 Å². The lowest BCUT2D eigenvalue weighted by Crippen LogP contribution is -2.45. The van der Waals surface area contributed by atoms with Gasteiger partial charge in [-0.1, -0.05) is 42.5 Å². The molecule has 1 unspecified atom stereocenters. The Balaban J connectivity index is 1.32. The van der Waals surface area contributed by atoms with Crippen LogP contribution in [0.4, 0.5) is 5.69 Å². The third-order valence-electron chi connectivity index (χ3n) is 5.82. The van der Waals surface area contributed by atoms with Crippen molar-refractivity contribution in [3.05, 3.63) is 76.2 Å². The molecule has 7 heteroatoms. The van der Waals surface area contributed by atoms with Gasteiger partial charge in [-0.05, 0) is 31.7 Å². The summed E-state index contributed by atoms with van der Waals surface area (Å²) in [5, 5.41) is 2.68. The number of hydrogen-bond donors (Lipinski definition) is 1. The first-order chi connectivity index (χ1) is 15.6. The van der Waals surface area contributed by atoms with Crippen LogP contribution in [-0.4, -0.2) is 47.7 Å². The average Bonchev–Trinajstić information content (AvgIpc) is 3.23. The van der Waals surface area contributed by atoms with E-state index in [4.69, 9.17) is 9.72 Å². The zero-order valence-corrected chi connectivity index (χ0v) is 19.1. The highest BCUT2D eigenvalue weighted by Gasteiger charge is 2.25. The third-order valence-corrected chi connectivity index (χ3v) is 6.69. The Hall–Kier alpha value is -3.16. The predicted octanol–water partition coefficient (Wildman–Crippen LogP) is 4.37. The van der Waals surface area contributed by atoms with Gasteiger partial charge in [0.1, 0.15) is 22.5 Å². The molecule has 1 aliphatic heterocycles. The number of aromatic amines is 1. The van der Waals surface area contributed by atoms with Crippen LogP contribution in [-0.2, 0) is 6.54 Å². The molecule has 1 atom stereocenters. The second kappa shape index (κ2) is 8.76. The molecule has 0 bridgehead atoms. The van der Waals surface area contributed by atoms with E-state index < -0.39 is 0 Å². The Labute approximate surface area is 191 Å². The lowest BCUT2D eigenvalue weighted by Gasteiger charge is -2.37. The fraction of sp³-hybridized carbons (Fsp3) is 0.280. The summed E-state index contributed by atoms with van der Waals surface area (Å²) in [5.41, 5.74) is 3.04. The van der Waals surface area contributed by atoms with Gasteiger partial charge in [0, 0.05) is 24.0 Å². The molecule has 2 aromatic carbocycles. The van der Waals surface area contributed by atoms with Crippen LogP contribution in [0.25, 0.3) is 21.3 Å². The molecule has 0 fully saturated rings. The van der Waals surface area contributed by atoms with Crippen LogP contribution >= 0.6 is 11.3 Å². The summed E-state index contributed by atoms with van der Waals surface area (Å²) in [7, 11) is 2.04. The molecule has 32 heavy (non-hydrogen) atoms. The van der Waals surface area contributed by atoms with Crippen molar-refractivity contribution in [1.82, 2.24) is 14.9 Å². The minimum atomic E-state index is -0.0847. The number of H-pyrrole nitrogens is 1. The maximum Gasteiger partial charge on any atom is 0.260 e. The number of nitrogens with one attached hydrogen (secondary N) is 1. The van der Waals surface area contributed by atoms with Crippen LogP contribution in [0.15, 0.2) is 64.8 Å². The molecule has 0 saturated heterocycles. The zero-order valence-electron chi connectivity index (χ0n) is 18.2. The van der Waals surface area contributed by atoms with Gasteiger partial charge in [-0.25, -0.2) is 4.98 Å². The van der Waals surface area contributed by atoms with Gasteiger partial charge in [0.2, 0.25) is 0 Å². The van der Waals surface area contributed by atoms with Crippen molar-refractivity contribution in [1.29, 1.82) is 0 Å². The van der Waals surface area contributed by atoms with Gasteiger partial charge in [0.15, 0.2) is 0 Å². The van der Waals surface area contributed by atoms with Gasteiger partial charge >= 0.3 is 0 Å². The van der Waals surface area contributed by atoms with E-state index in [0.717, 1.165) is 47.0 Å². The highest BCUT2D eigenvalue weighted by molar-refractivity contribution is 7.17. The van der Waals surface area contributed by atoms with Gasteiger partial charge in [0.05, 0.1) is 24.2 Å². The van der Waals surface area contributed by atoms with E-state index in [1.54, 1.807) is 0 Å². The van der Waals surface area contributed by atoms with E-state index in [-0.39, 0.29) is 11.7 Å². The maximum absolute atomic E-state index is 12.9. The molecular formula is C25H26N4O2S. The van der Waals surface area contributed by atoms with Crippen LogP contribution in [0.1, 0.15) is 12.7 Å². The van der Waals surface area contributed by atoms with Gasteiger partial charge < -0.3 is 14.6 Å². The fourth-order valence-corrected chi connectivity index (χ4v) is 5.31. The summed E-state index contributed by atoms with van der Waals surface area (Å²) in [6.07, 6.45) is 0.0525. The van der Waals surface area contributed by atoms with Crippen molar-refractivity contribution < 1.29 is 4.74 Å². The van der Waals surface area contributed by atoms with Gasteiger partial charge in [-0.15, -0.1) is 11.3 Å². The number of nitrogens with zero attached hydrogens (tertiary/aromatic N) is 3. The molecule has 2 aromatic heterocycles. The van der Waals surface area contributed by atoms with Crippen LogP contribution in [0.3, 0.4) is 0 Å². The van der Waals surface area contributed by atoms with E-state index in [2.05, 4.69) is 27.8 Å². The molecule has 1 aliphatic rings. The van der Waals surface area contributed by atoms with Crippen LogP contribution in [0.2, 0.25) is 0 Å². The molecule has 3 heterocycles. The number of anilines is 1. The van der Waals surface area contributed by atoms with Crippen LogP contribution in [0.5, 0.6) is 5.75 Å². The number of benzene rings is 2. The Morgan fingerprint density at radius 3 is 2.78 bits per heavy atom. The fourth-order valence-electron chi connectivity index (χ4n) is 4.34. The summed E-state index contributed by atoms with van der Waals surface area (Å²) < 4.78 is 6.25. The molecular weight excluding hydrogens is 420 g/mol. The third kappa shape index (κ3) is 4.01. The van der Waals surface area contributed by atoms with E-state index in [9.17, 15) is 4.79 Å². The number of aromatic nitrogens is 2.